The summed E-state index contributed by atoms with van der Waals surface area (Å²) in [5.41, 5.74) is 0.580. The van der Waals surface area contributed by atoms with Crippen LogP contribution in [0, 0.1) is 22.7 Å². The SMILES string of the molecule is CC[C@@H](O[C@@H]1C[C@H]2[C@H]3CC[C@@](C)([C@H]2O1)C3(C)C)C(=O)CCCC1(C)OCCO1. The fraction of sp³-hybridized carbons (Fsp3) is 0.957. The second-order valence-electron chi connectivity index (χ2n) is 10.4. The zero-order valence-electron chi connectivity index (χ0n) is 18.3. The molecule has 2 aliphatic carbocycles. The Labute approximate surface area is 169 Å². The summed E-state index contributed by atoms with van der Waals surface area (Å²) >= 11 is 0. The maximum absolute atomic E-state index is 12.7. The van der Waals surface area contributed by atoms with Gasteiger partial charge >= 0.3 is 0 Å². The first-order chi connectivity index (χ1) is 13.2. The molecule has 0 amide bonds. The number of hydrogen-bond donors (Lipinski definition) is 0. The van der Waals surface area contributed by atoms with Gasteiger partial charge in [0.05, 0.1) is 19.3 Å². The van der Waals surface area contributed by atoms with Crippen molar-refractivity contribution in [3.8, 4) is 0 Å². The van der Waals surface area contributed by atoms with Crippen molar-refractivity contribution in [1.82, 2.24) is 0 Å². The van der Waals surface area contributed by atoms with Crippen LogP contribution in [-0.4, -0.2) is 43.3 Å². The quantitative estimate of drug-likeness (QED) is 0.608. The monoisotopic (exact) mass is 394 g/mol. The predicted octanol–water partition coefficient (Wildman–Crippen LogP) is 4.47. The number of Topliss-reactive ketones (excluding diaryl/α,β-unsaturated/α-hetero) is 1. The number of fused-ring (bicyclic) bond motifs is 5. The molecule has 2 saturated carbocycles. The molecule has 0 radical (unpaired) electrons. The van der Waals surface area contributed by atoms with Gasteiger partial charge in [-0.15, -0.1) is 0 Å². The van der Waals surface area contributed by atoms with Crippen LogP contribution in [0.15, 0.2) is 0 Å². The van der Waals surface area contributed by atoms with E-state index in [1.54, 1.807) is 0 Å². The molecule has 5 nitrogen and oxygen atoms in total. The Morgan fingerprint density at radius 3 is 2.54 bits per heavy atom. The number of carbonyl (C=O) groups is 1. The van der Waals surface area contributed by atoms with Crippen molar-refractivity contribution in [2.75, 3.05) is 13.2 Å². The predicted molar refractivity (Wildman–Crippen MR) is 106 cm³/mol. The van der Waals surface area contributed by atoms with Crippen LogP contribution in [-0.2, 0) is 23.7 Å². The molecule has 0 aromatic rings. The standard InChI is InChI=1S/C23H38O5/c1-6-18(17(24)8-7-10-23(5)25-12-13-26-23)27-19-14-15-16-9-11-22(4,20(15)28-19)21(16,2)3/h15-16,18-20H,6-14H2,1-5H3/t15-,16+,18+,19-,20-,22-/m0/s1. The Balaban J connectivity index is 1.28. The number of hydrogen-bond acceptors (Lipinski definition) is 5. The van der Waals surface area contributed by atoms with Gasteiger partial charge in [-0.2, -0.15) is 0 Å². The zero-order valence-corrected chi connectivity index (χ0v) is 18.3. The summed E-state index contributed by atoms with van der Waals surface area (Å²) in [5, 5.41) is 0. The average molecular weight is 395 g/mol. The van der Waals surface area contributed by atoms with Gasteiger partial charge in [0.25, 0.3) is 0 Å². The van der Waals surface area contributed by atoms with Gasteiger partial charge in [-0.25, -0.2) is 0 Å². The van der Waals surface area contributed by atoms with Crippen molar-refractivity contribution >= 4 is 5.78 Å². The summed E-state index contributed by atoms with van der Waals surface area (Å²) in [6, 6.07) is 0. The molecule has 0 aromatic carbocycles. The molecule has 2 heterocycles. The lowest BCUT2D eigenvalue weighted by Crippen LogP contribution is -2.38. The van der Waals surface area contributed by atoms with E-state index in [0.29, 0.717) is 37.4 Å². The third kappa shape index (κ3) is 3.27. The Bertz CT molecular complexity index is 596. The summed E-state index contributed by atoms with van der Waals surface area (Å²) < 4.78 is 23.9. The lowest BCUT2D eigenvalue weighted by atomic mass is 9.70. The van der Waals surface area contributed by atoms with Crippen LogP contribution in [0.4, 0.5) is 0 Å². The zero-order chi connectivity index (χ0) is 20.2. The highest BCUT2D eigenvalue weighted by Crippen LogP contribution is 2.71. The molecule has 4 fully saturated rings. The summed E-state index contributed by atoms with van der Waals surface area (Å²) in [4.78, 5) is 12.7. The van der Waals surface area contributed by atoms with Gasteiger partial charge in [0.1, 0.15) is 6.10 Å². The van der Waals surface area contributed by atoms with Crippen LogP contribution >= 0.6 is 0 Å². The molecule has 4 rings (SSSR count). The van der Waals surface area contributed by atoms with Gasteiger partial charge in [0.2, 0.25) is 0 Å². The topological polar surface area (TPSA) is 54.0 Å². The highest BCUT2D eigenvalue weighted by atomic mass is 16.7. The molecule has 0 aromatic heterocycles. The van der Waals surface area contributed by atoms with Crippen molar-refractivity contribution < 1.29 is 23.7 Å². The summed E-state index contributed by atoms with van der Waals surface area (Å²) in [6.45, 7) is 12.5. The van der Waals surface area contributed by atoms with E-state index < -0.39 is 5.79 Å². The Hall–Kier alpha value is -0.490. The van der Waals surface area contributed by atoms with Gasteiger partial charge in [0.15, 0.2) is 17.9 Å². The largest absolute Gasteiger partial charge is 0.349 e. The number of ether oxygens (including phenoxy) is 4. The van der Waals surface area contributed by atoms with Crippen LogP contribution in [0.3, 0.4) is 0 Å². The normalized spacial score (nSPS) is 41.3. The highest BCUT2D eigenvalue weighted by Gasteiger charge is 2.69. The molecule has 2 aliphatic heterocycles. The fourth-order valence-electron chi connectivity index (χ4n) is 6.60. The van der Waals surface area contributed by atoms with Crippen LogP contribution in [0.25, 0.3) is 0 Å². The van der Waals surface area contributed by atoms with Crippen LogP contribution in [0.2, 0.25) is 0 Å². The van der Waals surface area contributed by atoms with E-state index in [1.165, 1.54) is 12.8 Å². The van der Waals surface area contributed by atoms with Gasteiger partial charge in [-0.3, -0.25) is 4.79 Å². The van der Waals surface area contributed by atoms with Crippen molar-refractivity contribution in [2.45, 2.75) is 104 Å². The van der Waals surface area contributed by atoms with Crippen molar-refractivity contribution in [2.24, 2.45) is 22.7 Å². The van der Waals surface area contributed by atoms with E-state index in [0.717, 1.165) is 25.2 Å². The third-order valence-corrected chi connectivity index (χ3v) is 8.67. The molecule has 5 heteroatoms. The van der Waals surface area contributed by atoms with Gasteiger partial charge in [-0.05, 0) is 55.3 Å². The molecule has 0 spiro atoms. The Morgan fingerprint density at radius 2 is 1.89 bits per heavy atom. The smallest absolute Gasteiger partial charge is 0.165 e. The molecule has 2 saturated heterocycles. The van der Waals surface area contributed by atoms with E-state index in [9.17, 15) is 4.79 Å². The average Bonchev–Trinajstić information content (AvgIpc) is 3.34. The van der Waals surface area contributed by atoms with E-state index >= 15 is 0 Å². The first kappa shape index (κ1) is 20.8. The minimum absolute atomic E-state index is 0.180. The molecule has 0 N–H and O–H groups in total. The van der Waals surface area contributed by atoms with Crippen molar-refractivity contribution in [3.05, 3.63) is 0 Å². The minimum atomic E-state index is -0.517. The molecule has 4 aliphatic rings. The first-order valence-corrected chi connectivity index (χ1v) is 11.3. The first-order valence-electron chi connectivity index (χ1n) is 11.3. The lowest BCUT2D eigenvalue weighted by molar-refractivity contribution is -0.190. The number of ketones is 1. The van der Waals surface area contributed by atoms with E-state index in [4.69, 9.17) is 18.9 Å². The van der Waals surface area contributed by atoms with Crippen molar-refractivity contribution in [3.63, 3.8) is 0 Å². The maximum atomic E-state index is 12.7. The second kappa shape index (κ2) is 7.33. The van der Waals surface area contributed by atoms with E-state index in [-0.39, 0.29) is 29.7 Å². The summed E-state index contributed by atoms with van der Waals surface area (Å²) in [7, 11) is 0. The minimum Gasteiger partial charge on any atom is -0.349 e. The fourth-order valence-corrected chi connectivity index (χ4v) is 6.60. The molecular formula is C23H38O5. The Kier molecular flexibility index (Phi) is 5.44. The van der Waals surface area contributed by atoms with Gasteiger partial charge in [0, 0.05) is 19.3 Å². The second-order valence-corrected chi connectivity index (χ2v) is 10.4. The Morgan fingerprint density at radius 1 is 1.18 bits per heavy atom. The highest BCUT2D eigenvalue weighted by molar-refractivity contribution is 5.83. The lowest BCUT2D eigenvalue weighted by Gasteiger charge is -2.38. The summed E-state index contributed by atoms with van der Waals surface area (Å²) in [6.07, 6.45) is 5.91. The van der Waals surface area contributed by atoms with Crippen LogP contribution in [0.5, 0.6) is 0 Å². The van der Waals surface area contributed by atoms with Crippen molar-refractivity contribution in [1.29, 1.82) is 0 Å². The maximum Gasteiger partial charge on any atom is 0.165 e. The number of rotatable bonds is 8. The molecule has 28 heavy (non-hydrogen) atoms. The number of carbonyl (C=O) groups excluding carboxylic acids is 1. The molecule has 0 unspecified atom stereocenters. The van der Waals surface area contributed by atoms with Gasteiger partial charge < -0.3 is 18.9 Å². The van der Waals surface area contributed by atoms with Crippen LogP contribution in [0.1, 0.15) is 79.6 Å². The van der Waals surface area contributed by atoms with Crippen LogP contribution < -0.4 is 0 Å². The molecule has 160 valence electrons. The third-order valence-electron chi connectivity index (χ3n) is 8.67. The molecule has 2 bridgehead atoms. The molecular weight excluding hydrogens is 356 g/mol. The molecule has 6 atom stereocenters. The summed E-state index contributed by atoms with van der Waals surface area (Å²) in [5.74, 6) is 0.970. The van der Waals surface area contributed by atoms with Gasteiger partial charge in [-0.1, -0.05) is 27.7 Å². The van der Waals surface area contributed by atoms with E-state index in [2.05, 4.69) is 20.8 Å². The van der Waals surface area contributed by atoms with E-state index in [1.807, 2.05) is 13.8 Å².